The Kier molecular flexibility index (Phi) is 3.79. The first-order valence-corrected chi connectivity index (χ1v) is 6.16. The monoisotopic (exact) mass is 239 g/mol. The summed E-state index contributed by atoms with van der Waals surface area (Å²) in [5, 5.41) is 2.89. The quantitative estimate of drug-likeness (QED) is 0.805. The van der Waals surface area contributed by atoms with E-state index in [9.17, 15) is 0 Å². The minimum Gasteiger partial charge on any atom is -0.258 e. The van der Waals surface area contributed by atoms with Crippen LogP contribution in [0.5, 0.6) is 0 Å². The minimum absolute atomic E-state index is 0.433. The van der Waals surface area contributed by atoms with Gasteiger partial charge in [-0.15, -0.1) is 0 Å². The van der Waals surface area contributed by atoms with Gasteiger partial charge < -0.3 is 0 Å². The lowest BCUT2D eigenvalue weighted by Crippen LogP contribution is -2.41. The number of hydrazine groups is 1. The van der Waals surface area contributed by atoms with Crippen LogP contribution in [0.25, 0.3) is 0 Å². The van der Waals surface area contributed by atoms with E-state index in [1.807, 2.05) is 20.2 Å². The average Bonchev–Trinajstić information content (AvgIpc) is 2.32. The van der Waals surface area contributed by atoms with Crippen LogP contribution in [0.15, 0.2) is 12.3 Å². The summed E-state index contributed by atoms with van der Waals surface area (Å²) < 4.78 is 0. The lowest BCUT2D eigenvalue weighted by Gasteiger charge is -2.35. The van der Waals surface area contributed by atoms with E-state index < -0.39 is 0 Å². The largest absolute Gasteiger partial charge is 0.258 e. The zero-order valence-corrected chi connectivity index (χ0v) is 10.6. The molecule has 0 aromatic carbocycles. The van der Waals surface area contributed by atoms with Gasteiger partial charge in [0.15, 0.2) is 0 Å². The number of pyridine rings is 1. The van der Waals surface area contributed by atoms with Crippen LogP contribution in [-0.2, 0) is 0 Å². The molecule has 4 heteroatoms. The minimum atomic E-state index is 0.433. The second kappa shape index (κ2) is 5.13. The van der Waals surface area contributed by atoms with Gasteiger partial charge in [-0.25, -0.2) is 9.99 Å². The van der Waals surface area contributed by atoms with Gasteiger partial charge in [0, 0.05) is 12.7 Å². The summed E-state index contributed by atoms with van der Waals surface area (Å²) >= 11 is 5.95. The summed E-state index contributed by atoms with van der Waals surface area (Å²) in [5.41, 5.74) is 5.58. The van der Waals surface area contributed by atoms with Crippen molar-refractivity contribution in [2.24, 2.45) is 0 Å². The molecule has 2 heterocycles. The summed E-state index contributed by atoms with van der Waals surface area (Å²) in [7, 11) is 1.98. The third kappa shape index (κ3) is 2.37. The van der Waals surface area contributed by atoms with Gasteiger partial charge in [-0.2, -0.15) is 0 Å². The van der Waals surface area contributed by atoms with Crippen LogP contribution in [0.2, 0.25) is 5.15 Å². The van der Waals surface area contributed by atoms with Crippen molar-refractivity contribution < 1.29 is 0 Å². The van der Waals surface area contributed by atoms with E-state index in [0.29, 0.717) is 11.2 Å². The number of nitrogens with zero attached hydrogens (tertiary/aromatic N) is 2. The molecule has 0 amide bonds. The van der Waals surface area contributed by atoms with E-state index in [1.54, 1.807) is 0 Å². The predicted octanol–water partition coefficient (Wildman–Crippen LogP) is 2.70. The maximum atomic E-state index is 5.95. The predicted molar refractivity (Wildman–Crippen MR) is 66.3 cm³/mol. The second-order valence-corrected chi connectivity index (χ2v) is 4.66. The van der Waals surface area contributed by atoms with Crippen LogP contribution >= 0.6 is 11.6 Å². The standard InChI is InChI=1S/C12H18ClN3/c1-9-7-10(8-15-12(9)13)11-5-3-4-6-16(11)14-2/h7-8,11,14H,3-6H2,1-2H3. The molecule has 0 saturated carbocycles. The Hall–Kier alpha value is -0.640. The van der Waals surface area contributed by atoms with E-state index in [-0.39, 0.29) is 0 Å². The fourth-order valence-corrected chi connectivity index (χ4v) is 2.41. The number of piperidine rings is 1. The summed E-state index contributed by atoms with van der Waals surface area (Å²) in [5.74, 6) is 0. The topological polar surface area (TPSA) is 28.2 Å². The van der Waals surface area contributed by atoms with Crippen molar-refractivity contribution in [1.82, 2.24) is 15.4 Å². The molecule has 0 aliphatic carbocycles. The highest BCUT2D eigenvalue weighted by Gasteiger charge is 2.23. The number of halogens is 1. The van der Waals surface area contributed by atoms with Crippen molar-refractivity contribution >= 4 is 11.6 Å². The molecule has 1 atom stereocenters. The van der Waals surface area contributed by atoms with Crippen LogP contribution in [-0.4, -0.2) is 23.6 Å². The number of rotatable bonds is 2. The Labute approximate surface area is 102 Å². The number of aryl methyl sites for hydroxylation is 1. The van der Waals surface area contributed by atoms with Gasteiger partial charge >= 0.3 is 0 Å². The van der Waals surface area contributed by atoms with E-state index in [4.69, 9.17) is 11.6 Å². The van der Waals surface area contributed by atoms with Crippen molar-refractivity contribution in [3.8, 4) is 0 Å². The molecule has 88 valence electrons. The molecule has 2 rings (SSSR count). The molecule has 1 fully saturated rings. The molecule has 1 unspecified atom stereocenters. The van der Waals surface area contributed by atoms with Crippen LogP contribution in [0.4, 0.5) is 0 Å². The smallest absolute Gasteiger partial charge is 0.131 e. The number of hydrogen-bond acceptors (Lipinski definition) is 3. The Morgan fingerprint density at radius 1 is 1.50 bits per heavy atom. The fourth-order valence-electron chi connectivity index (χ4n) is 2.31. The Morgan fingerprint density at radius 2 is 2.31 bits per heavy atom. The summed E-state index contributed by atoms with van der Waals surface area (Å²) in [6.07, 6.45) is 5.63. The van der Waals surface area contributed by atoms with Crippen molar-refractivity contribution in [1.29, 1.82) is 0 Å². The van der Waals surface area contributed by atoms with Crippen molar-refractivity contribution in [3.05, 3.63) is 28.5 Å². The first kappa shape index (κ1) is 11.8. The molecule has 1 aromatic rings. The number of nitrogens with one attached hydrogen (secondary N) is 1. The van der Waals surface area contributed by atoms with Crippen LogP contribution in [0.1, 0.15) is 36.4 Å². The van der Waals surface area contributed by atoms with E-state index >= 15 is 0 Å². The molecular formula is C12H18ClN3. The van der Waals surface area contributed by atoms with Crippen molar-refractivity contribution in [2.45, 2.75) is 32.2 Å². The Morgan fingerprint density at radius 3 is 3.00 bits per heavy atom. The zero-order valence-electron chi connectivity index (χ0n) is 9.83. The Balaban J connectivity index is 2.23. The maximum absolute atomic E-state index is 5.95. The molecule has 0 spiro atoms. The maximum Gasteiger partial charge on any atom is 0.131 e. The highest BCUT2D eigenvalue weighted by atomic mass is 35.5. The average molecular weight is 240 g/mol. The molecule has 0 radical (unpaired) electrons. The van der Waals surface area contributed by atoms with Gasteiger partial charge in [0.25, 0.3) is 0 Å². The molecule has 1 aromatic heterocycles. The van der Waals surface area contributed by atoms with Gasteiger partial charge in [0.2, 0.25) is 0 Å². The summed E-state index contributed by atoms with van der Waals surface area (Å²) in [6.45, 7) is 3.11. The van der Waals surface area contributed by atoms with E-state index in [2.05, 4.69) is 21.5 Å². The lowest BCUT2D eigenvalue weighted by molar-refractivity contribution is 0.0982. The molecule has 1 N–H and O–H groups in total. The third-order valence-corrected chi connectivity index (χ3v) is 3.61. The zero-order chi connectivity index (χ0) is 11.5. The first-order valence-electron chi connectivity index (χ1n) is 5.78. The first-order chi connectivity index (χ1) is 7.72. The van der Waals surface area contributed by atoms with E-state index in [1.165, 1.54) is 24.8 Å². The lowest BCUT2D eigenvalue weighted by atomic mass is 9.97. The fraction of sp³-hybridized carbons (Fsp3) is 0.583. The molecule has 16 heavy (non-hydrogen) atoms. The third-order valence-electron chi connectivity index (χ3n) is 3.21. The SMILES string of the molecule is CNN1CCCCC1c1cnc(Cl)c(C)c1. The van der Waals surface area contributed by atoms with E-state index in [0.717, 1.165) is 12.1 Å². The van der Waals surface area contributed by atoms with Crippen LogP contribution in [0, 0.1) is 6.92 Å². The highest BCUT2D eigenvalue weighted by Crippen LogP contribution is 2.30. The van der Waals surface area contributed by atoms with Crippen LogP contribution < -0.4 is 5.43 Å². The molecular weight excluding hydrogens is 222 g/mol. The van der Waals surface area contributed by atoms with Crippen molar-refractivity contribution in [2.75, 3.05) is 13.6 Å². The summed E-state index contributed by atoms with van der Waals surface area (Å²) in [4.78, 5) is 4.23. The highest BCUT2D eigenvalue weighted by molar-refractivity contribution is 6.30. The summed E-state index contributed by atoms with van der Waals surface area (Å²) in [6, 6.07) is 2.58. The molecule has 1 saturated heterocycles. The molecule has 1 aliphatic heterocycles. The van der Waals surface area contributed by atoms with Gasteiger partial charge in [0.05, 0.1) is 6.04 Å². The van der Waals surface area contributed by atoms with Gasteiger partial charge in [-0.05, 0) is 44.0 Å². The van der Waals surface area contributed by atoms with Crippen LogP contribution in [0.3, 0.4) is 0 Å². The van der Waals surface area contributed by atoms with Gasteiger partial charge in [-0.1, -0.05) is 18.0 Å². The van der Waals surface area contributed by atoms with Gasteiger partial charge in [-0.3, -0.25) is 5.43 Å². The molecule has 0 bridgehead atoms. The number of aromatic nitrogens is 1. The Bertz CT molecular complexity index is 367. The molecule has 1 aliphatic rings. The normalized spacial score (nSPS) is 22.3. The second-order valence-electron chi connectivity index (χ2n) is 4.30. The number of hydrogen-bond donors (Lipinski definition) is 1. The molecule has 3 nitrogen and oxygen atoms in total. The van der Waals surface area contributed by atoms with Crippen molar-refractivity contribution in [3.63, 3.8) is 0 Å². The van der Waals surface area contributed by atoms with Gasteiger partial charge in [0.1, 0.15) is 5.15 Å².